The Bertz CT molecular complexity index is 582. The van der Waals surface area contributed by atoms with Crippen molar-refractivity contribution in [2.24, 2.45) is 0 Å². The summed E-state index contributed by atoms with van der Waals surface area (Å²) in [7, 11) is 0. The highest BCUT2D eigenvalue weighted by Gasteiger charge is 2.04. The van der Waals surface area contributed by atoms with E-state index in [1.54, 1.807) is 10.9 Å². The van der Waals surface area contributed by atoms with Gasteiger partial charge in [-0.15, -0.1) is 0 Å². The van der Waals surface area contributed by atoms with E-state index in [-0.39, 0.29) is 5.56 Å². The highest BCUT2D eigenvalue weighted by atomic mass is 79.9. The summed E-state index contributed by atoms with van der Waals surface area (Å²) in [5.41, 5.74) is 0.763. The summed E-state index contributed by atoms with van der Waals surface area (Å²) in [5, 5.41) is 0.660. The molecular weight excluding hydrogens is 300 g/mol. The van der Waals surface area contributed by atoms with Crippen molar-refractivity contribution in [2.75, 3.05) is 5.75 Å². The van der Waals surface area contributed by atoms with Crippen molar-refractivity contribution in [1.82, 2.24) is 9.55 Å². The molecule has 0 amide bonds. The number of halogens is 1. The van der Waals surface area contributed by atoms with Crippen LogP contribution in [0, 0.1) is 0 Å². The van der Waals surface area contributed by atoms with E-state index in [4.69, 9.17) is 0 Å². The number of hydrogen-bond acceptors (Lipinski definition) is 3. The third-order valence-electron chi connectivity index (χ3n) is 2.59. The van der Waals surface area contributed by atoms with E-state index < -0.39 is 0 Å². The zero-order valence-corrected chi connectivity index (χ0v) is 11.7. The molecule has 2 rings (SSSR count). The first-order valence-electron chi connectivity index (χ1n) is 5.48. The van der Waals surface area contributed by atoms with Gasteiger partial charge in [0.25, 0.3) is 5.56 Å². The number of aromatic nitrogens is 2. The van der Waals surface area contributed by atoms with Crippen LogP contribution in [-0.2, 0) is 6.54 Å². The molecule has 0 saturated carbocycles. The molecule has 0 aliphatic carbocycles. The van der Waals surface area contributed by atoms with Crippen LogP contribution in [0.15, 0.2) is 33.8 Å². The van der Waals surface area contributed by atoms with Gasteiger partial charge in [-0.25, -0.2) is 4.98 Å². The average Bonchev–Trinajstić information content (AvgIpc) is 2.33. The van der Waals surface area contributed by atoms with Gasteiger partial charge < -0.3 is 0 Å². The van der Waals surface area contributed by atoms with Crippen molar-refractivity contribution in [3.63, 3.8) is 0 Å². The lowest BCUT2D eigenvalue weighted by molar-refractivity contribution is 0.611. The van der Waals surface area contributed by atoms with Crippen LogP contribution in [0.25, 0.3) is 10.9 Å². The summed E-state index contributed by atoms with van der Waals surface area (Å²) in [6.07, 6.45) is 3.58. The van der Waals surface area contributed by atoms with Crippen LogP contribution in [0.1, 0.15) is 12.8 Å². The molecule has 0 radical (unpaired) electrons. The van der Waals surface area contributed by atoms with Gasteiger partial charge in [0.15, 0.2) is 0 Å². The van der Waals surface area contributed by atoms with E-state index in [2.05, 4.69) is 33.5 Å². The Hall–Kier alpha value is -0.810. The van der Waals surface area contributed by atoms with E-state index in [1.807, 2.05) is 18.2 Å². The number of nitrogens with zero attached hydrogens (tertiary/aromatic N) is 2. The second-order valence-electron chi connectivity index (χ2n) is 3.84. The summed E-state index contributed by atoms with van der Waals surface area (Å²) in [4.78, 5) is 16.4. The maximum atomic E-state index is 12.2. The Balaban J connectivity index is 2.39. The fourth-order valence-electron chi connectivity index (χ4n) is 1.68. The fourth-order valence-corrected chi connectivity index (χ4v) is 2.27. The lowest BCUT2D eigenvalue weighted by Crippen LogP contribution is -2.20. The first-order valence-corrected chi connectivity index (χ1v) is 6.90. The Morgan fingerprint density at radius 3 is 2.94 bits per heavy atom. The minimum Gasteiger partial charge on any atom is -0.299 e. The van der Waals surface area contributed by atoms with Gasteiger partial charge in [0.2, 0.25) is 0 Å². The Kier molecular flexibility index (Phi) is 4.23. The van der Waals surface area contributed by atoms with Gasteiger partial charge in [0, 0.05) is 11.0 Å². The van der Waals surface area contributed by atoms with Crippen LogP contribution in [0.2, 0.25) is 0 Å². The largest absolute Gasteiger partial charge is 0.299 e. The number of thiol groups is 1. The van der Waals surface area contributed by atoms with Gasteiger partial charge >= 0.3 is 0 Å². The average molecular weight is 313 g/mol. The molecule has 5 heteroatoms. The fraction of sp³-hybridized carbons (Fsp3) is 0.333. The van der Waals surface area contributed by atoms with Crippen LogP contribution in [0.4, 0.5) is 0 Å². The van der Waals surface area contributed by atoms with Gasteiger partial charge in [0.1, 0.15) is 0 Å². The van der Waals surface area contributed by atoms with Crippen LogP contribution in [0.3, 0.4) is 0 Å². The summed E-state index contributed by atoms with van der Waals surface area (Å²) in [6.45, 7) is 0.703. The van der Waals surface area contributed by atoms with E-state index in [0.29, 0.717) is 11.9 Å². The lowest BCUT2D eigenvalue weighted by Gasteiger charge is -2.06. The molecule has 0 unspecified atom stereocenters. The molecule has 17 heavy (non-hydrogen) atoms. The molecule has 2 aromatic rings. The number of aryl methyl sites for hydroxylation is 1. The zero-order chi connectivity index (χ0) is 12.3. The molecule has 3 nitrogen and oxygen atoms in total. The van der Waals surface area contributed by atoms with Gasteiger partial charge in [-0.3, -0.25) is 9.36 Å². The number of fused-ring (bicyclic) bond motifs is 1. The molecule has 0 spiro atoms. The third kappa shape index (κ3) is 2.90. The maximum Gasteiger partial charge on any atom is 0.261 e. The summed E-state index contributed by atoms with van der Waals surface area (Å²) in [6, 6.07) is 5.55. The van der Waals surface area contributed by atoms with Crippen LogP contribution in [-0.4, -0.2) is 15.3 Å². The van der Waals surface area contributed by atoms with E-state index in [9.17, 15) is 4.79 Å². The molecule has 0 saturated heterocycles. The monoisotopic (exact) mass is 312 g/mol. The van der Waals surface area contributed by atoms with Crippen molar-refractivity contribution in [2.45, 2.75) is 19.4 Å². The third-order valence-corrected chi connectivity index (χ3v) is 3.40. The predicted octanol–water partition coefficient (Wildman–Crippen LogP) is 2.87. The Morgan fingerprint density at radius 1 is 1.35 bits per heavy atom. The van der Waals surface area contributed by atoms with Crippen LogP contribution in [0.5, 0.6) is 0 Å². The predicted molar refractivity (Wildman–Crippen MR) is 76.8 cm³/mol. The summed E-state index contributed by atoms with van der Waals surface area (Å²) < 4.78 is 2.56. The smallest absolute Gasteiger partial charge is 0.261 e. The molecule has 0 bridgehead atoms. The molecule has 1 aromatic heterocycles. The number of benzene rings is 1. The standard InChI is InChI=1S/C12H13BrN2OS/c13-9-3-4-11-10(7-9)12(16)15(8-14-11)5-1-2-6-17/h3-4,7-8,17H,1-2,5-6H2. The molecule has 0 N–H and O–H groups in total. The molecule has 0 aliphatic heterocycles. The number of unbranched alkanes of at least 4 members (excludes halogenated alkanes) is 1. The number of hydrogen-bond donors (Lipinski definition) is 1. The van der Waals surface area contributed by atoms with Crippen LogP contribution < -0.4 is 5.56 Å². The Labute approximate surface area is 113 Å². The minimum absolute atomic E-state index is 0.0236. The second kappa shape index (κ2) is 5.69. The van der Waals surface area contributed by atoms with E-state index in [0.717, 1.165) is 28.6 Å². The molecule has 90 valence electrons. The summed E-state index contributed by atoms with van der Waals surface area (Å²) >= 11 is 7.53. The number of rotatable bonds is 4. The molecule has 0 atom stereocenters. The minimum atomic E-state index is 0.0236. The summed E-state index contributed by atoms with van der Waals surface area (Å²) in [5.74, 6) is 0.849. The van der Waals surface area contributed by atoms with Gasteiger partial charge in [-0.2, -0.15) is 12.6 Å². The highest BCUT2D eigenvalue weighted by Crippen LogP contribution is 2.14. The van der Waals surface area contributed by atoms with Crippen molar-refractivity contribution in [3.8, 4) is 0 Å². The van der Waals surface area contributed by atoms with E-state index in [1.165, 1.54) is 0 Å². The normalized spacial score (nSPS) is 10.9. The highest BCUT2D eigenvalue weighted by molar-refractivity contribution is 9.10. The van der Waals surface area contributed by atoms with Gasteiger partial charge in [0.05, 0.1) is 17.2 Å². The van der Waals surface area contributed by atoms with Crippen molar-refractivity contribution >= 4 is 39.5 Å². The molecular formula is C12H13BrN2OS. The zero-order valence-electron chi connectivity index (χ0n) is 9.27. The molecule has 0 aliphatic rings. The SMILES string of the molecule is O=c1c2cc(Br)ccc2ncn1CCCCS. The molecule has 1 heterocycles. The van der Waals surface area contributed by atoms with Crippen molar-refractivity contribution < 1.29 is 0 Å². The molecule has 0 fully saturated rings. The Morgan fingerprint density at radius 2 is 2.18 bits per heavy atom. The lowest BCUT2D eigenvalue weighted by atomic mass is 10.2. The van der Waals surface area contributed by atoms with E-state index >= 15 is 0 Å². The van der Waals surface area contributed by atoms with Crippen molar-refractivity contribution in [1.29, 1.82) is 0 Å². The maximum absolute atomic E-state index is 12.2. The van der Waals surface area contributed by atoms with Gasteiger partial charge in [-0.05, 0) is 36.8 Å². The topological polar surface area (TPSA) is 34.9 Å². The first-order chi connectivity index (χ1) is 8.22. The second-order valence-corrected chi connectivity index (χ2v) is 5.20. The quantitative estimate of drug-likeness (QED) is 0.696. The van der Waals surface area contributed by atoms with Crippen LogP contribution >= 0.6 is 28.6 Å². The van der Waals surface area contributed by atoms with Crippen molar-refractivity contribution in [3.05, 3.63) is 39.4 Å². The van der Waals surface area contributed by atoms with Gasteiger partial charge in [-0.1, -0.05) is 15.9 Å². The first kappa shape index (κ1) is 12.6. The molecule has 1 aromatic carbocycles.